The summed E-state index contributed by atoms with van der Waals surface area (Å²) >= 11 is 6.86. The summed E-state index contributed by atoms with van der Waals surface area (Å²) in [7, 11) is -3.73. The Kier molecular flexibility index (Phi) is 5.58. The van der Waals surface area contributed by atoms with Crippen molar-refractivity contribution in [2.45, 2.75) is 17.1 Å². The van der Waals surface area contributed by atoms with E-state index in [1.54, 1.807) is 24.3 Å². The number of nitrogens with two attached hydrogens (primary N) is 1. The van der Waals surface area contributed by atoms with Crippen molar-refractivity contribution in [3.05, 3.63) is 46.5 Å². The summed E-state index contributed by atoms with van der Waals surface area (Å²) in [4.78, 5) is 24.7. The summed E-state index contributed by atoms with van der Waals surface area (Å²) in [6, 6.07) is 9.85. The molecule has 3 heterocycles. The minimum atomic E-state index is -3.73. The molecular formula is C19H18ClN3O5S2. The average molecular weight is 468 g/mol. The molecule has 1 unspecified atom stereocenters. The molecule has 1 saturated heterocycles. The zero-order valence-corrected chi connectivity index (χ0v) is 18.0. The molecule has 0 radical (unpaired) electrons. The Balaban J connectivity index is 1.57. The van der Waals surface area contributed by atoms with E-state index in [9.17, 15) is 18.0 Å². The zero-order valence-electron chi connectivity index (χ0n) is 15.6. The molecule has 2 amide bonds. The van der Waals surface area contributed by atoms with Gasteiger partial charge in [-0.2, -0.15) is 4.31 Å². The number of sulfonamides is 1. The van der Waals surface area contributed by atoms with Gasteiger partial charge in [-0.25, -0.2) is 8.42 Å². The quantitative estimate of drug-likeness (QED) is 0.596. The SMILES string of the molecule is NC(=O)c1oc2ccccc2c1NC(=O)C1CCCN(S(=O)(=O)c2ccc(Cl)s2)C1. The van der Waals surface area contributed by atoms with Gasteiger partial charge in [0.25, 0.3) is 15.9 Å². The molecule has 11 heteroatoms. The minimum Gasteiger partial charge on any atom is -0.449 e. The van der Waals surface area contributed by atoms with Crippen LogP contribution >= 0.6 is 22.9 Å². The Morgan fingerprint density at radius 3 is 2.70 bits per heavy atom. The van der Waals surface area contributed by atoms with Crippen LogP contribution in [0.25, 0.3) is 11.0 Å². The van der Waals surface area contributed by atoms with E-state index < -0.39 is 27.8 Å². The van der Waals surface area contributed by atoms with Crippen LogP contribution in [0.2, 0.25) is 4.34 Å². The van der Waals surface area contributed by atoms with Crippen molar-refractivity contribution >= 4 is 61.4 Å². The number of benzene rings is 1. The van der Waals surface area contributed by atoms with Gasteiger partial charge in [0, 0.05) is 18.5 Å². The molecule has 8 nitrogen and oxygen atoms in total. The number of primary amides is 1. The first-order valence-electron chi connectivity index (χ1n) is 9.15. The number of amides is 2. The largest absolute Gasteiger partial charge is 0.449 e. The number of nitrogens with zero attached hydrogens (tertiary/aromatic N) is 1. The molecule has 0 bridgehead atoms. The van der Waals surface area contributed by atoms with Crippen molar-refractivity contribution in [2.24, 2.45) is 11.7 Å². The summed E-state index contributed by atoms with van der Waals surface area (Å²) in [5, 5.41) is 3.28. The number of halogens is 1. The van der Waals surface area contributed by atoms with E-state index in [-0.39, 0.29) is 22.2 Å². The number of para-hydroxylation sites is 1. The zero-order chi connectivity index (χ0) is 21.5. The molecule has 1 atom stereocenters. The van der Waals surface area contributed by atoms with Crippen LogP contribution in [0.3, 0.4) is 0 Å². The van der Waals surface area contributed by atoms with Gasteiger partial charge in [-0.15, -0.1) is 11.3 Å². The fraction of sp³-hybridized carbons (Fsp3) is 0.263. The van der Waals surface area contributed by atoms with E-state index in [1.165, 1.54) is 16.4 Å². The van der Waals surface area contributed by atoms with Crippen LogP contribution in [-0.2, 0) is 14.8 Å². The lowest BCUT2D eigenvalue weighted by Gasteiger charge is -2.30. The summed E-state index contributed by atoms with van der Waals surface area (Å²) in [6.45, 7) is 0.355. The number of fused-ring (bicyclic) bond motifs is 1. The van der Waals surface area contributed by atoms with E-state index in [4.69, 9.17) is 21.8 Å². The van der Waals surface area contributed by atoms with Crippen LogP contribution in [0, 0.1) is 5.92 Å². The molecule has 2 aromatic heterocycles. The minimum absolute atomic E-state index is 0.0331. The first-order chi connectivity index (χ1) is 14.3. The standard InChI is InChI=1S/C19H18ClN3O5S2/c20-14-7-8-15(29-14)30(26,27)23-9-3-4-11(10-23)19(25)22-16-12-5-1-2-6-13(12)28-17(16)18(21)24/h1-2,5-8,11H,3-4,9-10H2,(H2,21,24)(H,22,25). The van der Waals surface area contributed by atoms with Crippen molar-refractivity contribution in [3.63, 3.8) is 0 Å². The molecule has 0 spiro atoms. The van der Waals surface area contributed by atoms with Crippen molar-refractivity contribution in [3.8, 4) is 0 Å². The summed E-state index contributed by atoms with van der Waals surface area (Å²) < 4.78 is 33.0. The Hall–Kier alpha value is -2.40. The van der Waals surface area contributed by atoms with Gasteiger partial charge < -0.3 is 15.5 Å². The summed E-state index contributed by atoms with van der Waals surface area (Å²) in [6.07, 6.45) is 1.05. The highest BCUT2D eigenvalue weighted by Crippen LogP contribution is 2.33. The van der Waals surface area contributed by atoms with Crippen LogP contribution in [0.15, 0.2) is 45.0 Å². The molecule has 3 N–H and O–H groups in total. The van der Waals surface area contributed by atoms with Crippen LogP contribution in [0.5, 0.6) is 0 Å². The third-order valence-corrected chi connectivity index (χ3v) is 8.53. The second-order valence-corrected chi connectivity index (χ2v) is 10.8. The third-order valence-electron chi connectivity index (χ3n) is 4.97. The second-order valence-electron chi connectivity index (χ2n) is 6.92. The lowest BCUT2D eigenvalue weighted by Crippen LogP contribution is -2.43. The molecule has 1 aliphatic rings. The Labute approximate surface area is 181 Å². The van der Waals surface area contributed by atoms with E-state index in [0.717, 1.165) is 11.3 Å². The monoisotopic (exact) mass is 467 g/mol. The van der Waals surface area contributed by atoms with Gasteiger partial charge in [0.15, 0.2) is 0 Å². The lowest BCUT2D eigenvalue weighted by atomic mass is 9.98. The molecule has 158 valence electrons. The van der Waals surface area contributed by atoms with Crippen LogP contribution in [0.4, 0.5) is 5.69 Å². The fourth-order valence-corrected chi connectivity index (χ4v) is 6.67. The predicted molar refractivity (Wildman–Crippen MR) is 114 cm³/mol. The highest BCUT2D eigenvalue weighted by molar-refractivity contribution is 7.91. The predicted octanol–water partition coefficient (Wildman–Crippen LogP) is 3.29. The number of thiophene rings is 1. The maximum absolute atomic E-state index is 13.0. The molecular weight excluding hydrogens is 450 g/mol. The van der Waals surface area contributed by atoms with Crippen molar-refractivity contribution in [1.29, 1.82) is 0 Å². The molecule has 1 aromatic carbocycles. The first-order valence-corrected chi connectivity index (χ1v) is 11.8. The van der Waals surface area contributed by atoms with Crippen LogP contribution in [-0.4, -0.2) is 37.6 Å². The van der Waals surface area contributed by atoms with Crippen LogP contribution < -0.4 is 11.1 Å². The molecule has 1 aliphatic heterocycles. The van der Waals surface area contributed by atoms with Gasteiger partial charge in [0.2, 0.25) is 11.7 Å². The third kappa shape index (κ3) is 3.83. The maximum Gasteiger partial charge on any atom is 0.286 e. The molecule has 0 aliphatic carbocycles. The van der Waals surface area contributed by atoms with Crippen molar-refractivity contribution in [2.75, 3.05) is 18.4 Å². The van der Waals surface area contributed by atoms with Gasteiger partial charge in [0.1, 0.15) is 15.5 Å². The Bertz CT molecular complexity index is 1230. The normalized spacial score (nSPS) is 17.8. The van der Waals surface area contributed by atoms with Gasteiger partial charge in [-0.1, -0.05) is 23.7 Å². The van der Waals surface area contributed by atoms with E-state index in [0.29, 0.717) is 34.7 Å². The molecule has 1 fully saturated rings. The van der Waals surface area contributed by atoms with Crippen molar-refractivity contribution in [1.82, 2.24) is 4.31 Å². The van der Waals surface area contributed by atoms with Gasteiger partial charge in [-0.05, 0) is 37.1 Å². The van der Waals surface area contributed by atoms with E-state index >= 15 is 0 Å². The summed E-state index contributed by atoms with van der Waals surface area (Å²) in [5.41, 5.74) is 6.02. The van der Waals surface area contributed by atoms with Crippen molar-refractivity contribution < 1.29 is 22.4 Å². The maximum atomic E-state index is 13.0. The van der Waals surface area contributed by atoms with Gasteiger partial charge in [-0.3, -0.25) is 9.59 Å². The molecule has 4 rings (SSSR count). The number of carbonyl (C=O) groups excluding carboxylic acids is 2. The summed E-state index contributed by atoms with van der Waals surface area (Å²) in [5.74, 6) is -1.92. The fourth-order valence-electron chi connectivity index (χ4n) is 3.51. The van der Waals surface area contributed by atoms with Crippen LogP contribution in [0.1, 0.15) is 23.4 Å². The Morgan fingerprint density at radius 2 is 2.00 bits per heavy atom. The number of furan rings is 1. The number of rotatable bonds is 5. The smallest absolute Gasteiger partial charge is 0.286 e. The highest BCUT2D eigenvalue weighted by Gasteiger charge is 2.35. The average Bonchev–Trinajstić information content (AvgIpc) is 3.33. The number of piperidine rings is 1. The molecule has 0 saturated carbocycles. The van der Waals surface area contributed by atoms with Gasteiger partial charge >= 0.3 is 0 Å². The number of carbonyl (C=O) groups is 2. The molecule has 30 heavy (non-hydrogen) atoms. The molecule has 3 aromatic rings. The Morgan fingerprint density at radius 1 is 1.23 bits per heavy atom. The second kappa shape index (κ2) is 8.03. The number of hydrogen-bond acceptors (Lipinski definition) is 6. The number of hydrogen-bond donors (Lipinski definition) is 2. The number of nitrogens with one attached hydrogen (secondary N) is 1. The first kappa shape index (κ1) is 20.9. The lowest BCUT2D eigenvalue weighted by molar-refractivity contribution is -0.120. The topological polar surface area (TPSA) is 123 Å². The highest BCUT2D eigenvalue weighted by atomic mass is 35.5. The van der Waals surface area contributed by atoms with Gasteiger partial charge in [0.05, 0.1) is 10.3 Å². The van der Waals surface area contributed by atoms with E-state index in [1.807, 2.05) is 0 Å². The van der Waals surface area contributed by atoms with E-state index in [2.05, 4.69) is 5.32 Å². The number of anilines is 1.